The first-order valence-corrected chi connectivity index (χ1v) is 5.81. The van der Waals surface area contributed by atoms with Crippen LogP contribution in [0.15, 0.2) is 0 Å². The van der Waals surface area contributed by atoms with Gasteiger partial charge in [-0.25, -0.2) is 0 Å². The van der Waals surface area contributed by atoms with Gasteiger partial charge in [-0.1, -0.05) is 0 Å². The van der Waals surface area contributed by atoms with E-state index in [0.717, 1.165) is 0 Å². The maximum Gasteiger partial charge on any atom is 0.168 e. The van der Waals surface area contributed by atoms with Gasteiger partial charge in [0.25, 0.3) is 0 Å². The normalized spacial score (nSPS) is 26.9. The van der Waals surface area contributed by atoms with Gasteiger partial charge in [0.1, 0.15) is 11.6 Å². The molecule has 16 heavy (non-hydrogen) atoms. The molecule has 1 heterocycles. The van der Waals surface area contributed by atoms with Gasteiger partial charge in [0, 0.05) is 12.8 Å². The molecule has 0 aromatic carbocycles. The van der Waals surface area contributed by atoms with Crippen LogP contribution in [0, 0.1) is 5.41 Å². The molecule has 2 aliphatic rings. The lowest BCUT2D eigenvalue weighted by molar-refractivity contribution is -0.192. The fourth-order valence-electron chi connectivity index (χ4n) is 2.80. The maximum absolute atomic E-state index is 11.7. The van der Waals surface area contributed by atoms with Crippen molar-refractivity contribution in [2.75, 3.05) is 13.2 Å². The van der Waals surface area contributed by atoms with Gasteiger partial charge in [-0.05, 0) is 26.7 Å². The minimum atomic E-state index is -0.777. The number of hydrogen-bond acceptors (Lipinski definition) is 4. The van der Waals surface area contributed by atoms with Crippen LogP contribution in [-0.2, 0) is 19.1 Å². The highest BCUT2D eigenvalue weighted by atomic mass is 16.7. The van der Waals surface area contributed by atoms with E-state index in [1.807, 2.05) is 0 Å². The Labute approximate surface area is 95.3 Å². The van der Waals surface area contributed by atoms with Crippen molar-refractivity contribution in [2.45, 2.75) is 45.3 Å². The van der Waals surface area contributed by atoms with Crippen molar-refractivity contribution in [3.05, 3.63) is 0 Å². The second kappa shape index (κ2) is 3.93. The minimum Gasteiger partial charge on any atom is -0.348 e. The molecule has 0 N–H and O–H groups in total. The summed E-state index contributed by atoms with van der Waals surface area (Å²) in [6, 6.07) is 0. The second-order valence-corrected chi connectivity index (χ2v) is 4.80. The molecule has 0 atom stereocenters. The summed E-state index contributed by atoms with van der Waals surface area (Å²) in [5.74, 6) is -0.547. The van der Waals surface area contributed by atoms with Crippen LogP contribution < -0.4 is 0 Å². The molecule has 4 nitrogen and oxygen atoms in total. The van der Waals surface area contributed by atoms with Crippen LogP contribution in [0.2, 0.25) is 0 Å². The van der Waals surface area contributed by atoms with E-state index in [1.54, 1.807) is 0 Å². The lowest BCUT2D eigenvalue weighted by Gasteiger charge is -2.40. The monoisotopic (exact) mass is 226 g/mol. The number of Topliss-reactive ketones (excluding diaryl/α,β-unsaturated/α-hetero) is 2. The molecule has 0 aromatic rings. The van der Waals surface area contributed by atoms with Crippen LogP contribution in [0.1, 0.15) is 39.5 Å². The summed E-state index contributed by atoms with van der Waals surface area (Å²) in [7, 11) is 0. The first-order valence-electron chi connectivity index (χ1n) is 5.81. The lowest BCUT2D eigenvalue weighted by Crippen LogP contribution is -2.46. The van der Waals surface area contributed by atoms with Crippen molar-refractivity contribution >= 4 is 11.6 Å². The molecular weight excluding hydrogens is 208 g/mol. The zero-order valence-electron chi connectivity index (χ0n) is 9.88. The highest BCUT2D eigenvalue weighted by Gasteiger charge is 2.50. The second-order valence-electron chi connectivity index (χ2n) is 4.80. The van der Waals surface area contributed by atoms with Crippen molar-refractivity contribution in [2.24, 2.45) is 5.41 Å². The summed E-state index contributed by atoms with van der Waals surface area (Å²) in [6.07, 6.45) is 2.40. The fraction of sp³-hybridized carbons (Fsp3) is 0.833. The van der Waals surface area contributed by atoms with Gasteiger partial charge >= 0.3 is 0 Å². The summed E-state index contributed by atoms with van der Waals surface area (Å²) in [6.45, 7) is 4.26. The van der Waals surface area contributed by atoms with E-state index in [4.69, 9.17) is 9.47 Å². The molecule has 0 bridgehead atoms. The number of ketones is 2. The molecule has 0 aromatic heterocycles. The molecule has 4 heteroatoms. The van der Waals surface area contributed by atoms with E-state index in [0.29, 0.717) is 38.9 Å². The Balaban J connectivity index is 2.12. The van der Waals surface area contributed by atoms with E-state index in [9.17, 15) is 9.59 Å². The van der Waals surface area contributed by atoms with Crippen molar-refractivity contribution in [3.63, 3.8) is 0 Å². The maximum atomic E-state index is 11.7. The van der Waals surface area contributed by atoms with E-state index in [-0.39, 0.29) is 11.6 Å². The number of hydrogen-bond donors (Lipinski definition) is 0. The summed E-state index contributed by atoms with van der Waals surface area (Å²) in [5.41, 5.74) is -0.777. The van der Waals surface area contributed by atoms with Crippen LogP contribution in [0.4, 0.5) is 0 Å². The molecule has 0 amide bonds. The Bertz CT molecular complexity index is 289. The molecule has 0 unspecified atom stereocenters. The minimum absolute atomic E-state index is 0.0205. The Hall–Kier alpha value is -0.740. The zero-order valence-corrected chi connectivity index (χ0v) is 9.88. The van der Waals surface area contributed by atoms with E-state index in [1.165, 1.54) is 13.8 Å². The number of carbonyl (C=O) groups excluding carboxylic acids is 2. The molecule has 0 radical (unpaired) electrons. The third-order valence-electron chi connectivity index (χ3n) is 4.03. The van der Waals surface area contributed by atoms with Crippen molar-refractivity contribution in [1.29, 1.82) is 0 Å². The number of rotatable bonds is 2. The van der Waals surface area contributed by atoms with Crippen molar-refractivity contribution in [1.82, 2.24) is 0 Å². The van der Waals surface area contributed by atoms with Crippen molar-refractivity contribution < 1.29 is 19.1 Å². The molecule has 2 fully saturated rings. The van der Waals surface area contributed by atoms with Crippen molar-refractivity contribution in [3.8, 4) is 0 Å². The topological polar surface area (TPSA) is 52.6 Å². The predicted octanol–water partition coefficient (Wildman–Crippen LogP) is 1.47. The smallest absolute Gasteiger partial charge is 0.168 e. The molecule has 1 aliphatic carbocycles. The largest absolute Gasteiger partial charge is 0.348 e. The Morgan fingerprint density at radius 1 is 0.875 bits per heavy atom. The van der Waals surface area contributed by atoms with Gasteiger partial charge < -0.3 is 9.47 Å². The van der Waals surface area contributed by atoms with Gasteiger partial charge in [-0.15, -0.1) is 0 Å². The molecule has 1 aliphatic heterocycles. The van der Waals surface area contributed by atoms with Gasteiger partial charge in [0.05, 0.1) is 18.6 Å². The van der Waals surface area contributed by atoms with Crippen LogP contribution in [-0.4, -0.2) is 30.6 Å². The molecular formula is C12H18O4. The fourth-order valence-corrected chi connectivity index (χ4v) is 2.80. The summed E-state index contributed by atoms with van der Waals surface area (Å²) in [5, 5.41) is 0. The predicted molar refractivity (Wildman–Crippen MR) is 56.9 cm³/mol. The first kappa shape index (κ1) is 11.7. The number of carbonyl (C=O) groups is 2. The van der Waals surface area contributed by atoms with Gasteiger partial charge in [0.2, 0.25) is 0 Å². The highest BCUT2D eigenvalue weighted by Crippen LogP contribution is 2.45. The van der Waals surface area contributed by atoms with Gasteiger partial charge in [0.15, 0.2) is 5.79 Å². The Morgan fingerprint density at radius 2 is 1.31 bits per heavy atom. The third kappa shape index (κ3) is 1.70. The standard InChI is InChI=1S/C12H18O4/c1-9(13)11(10(2)14)3-5-12(6-4-11)15-7-8-16-12/h3-8H2,1-2H3. The van der Waals surface area contributed by atoms with Crippen LogP contribution in [0.5, 0.6) is 0 Å². The summed E-state index contributed by atoms with van der Waals surface area (Å²) >= 11 is 0. The van der Waals surface area contributed by atoms with Gasteiger partial charge in [-0.3, -0.25) is 9.59 Å². The average Bonchev–Trinajstić information content (AvgIpc) is 2.67. The summed E-state index contributed by atoms with van der Waals surface area (Å²) < 4.78 is 11.2. The first-order chi connectivity index (χ1) is 7.51. The average molecular weight is 226 g/mol. The van der Waals surface area contributed by atoms with E-state index < -0.39 is 11.2 Å². The number of ether oxygens (including phenoxy) is 2. The molecule has 1 saturated carbocycles. The SMILES string of the molecule is CC(=O)C1(C(C)=O)CCC2(CC1)OCCO2. The third-order valence-corrected chi connectivity index (χ3v) is 4.03. The van der Waals surface area contributed by atoms with Crippen LogP contribution in [0.25, 0.3) is 0 Å². The summed E-state index contributed by atoms with van der Waals surface area (Å²) in [4.78, 5) is 23.3. The van der Waals surface area contributed by atoms with E-state index >= 15 is 0 Å². The van der Waals surface area contributed by atoms with Crippen LogP contribution >= 0.6 is 0 Å². The van der Waals surface area contributed by atoms with E-state index in [2.05, 4.69) is 0 Å². The Kier molecular flexibility index (Phi) is 2.88. The Morgan fingerprint density at radius 3 is 1.69 bits per heavy atom. The highest BCUT2D eigenvalue weighted by molar-refractivity contribution is 6.05. The molecule has 1 saturated heterocycles. The quantitative estimate of drug-likeness (QED) is 0.669. The molecule has 1 spiro atoms. The lowest BCUT2D eigenvalue weighted by atomic mass is 9.67. The zero-order chi connectivity index (χ0) is 11.8. The molecule has 2 rings (SSSR count). The van der Waals surface area contributed by atoms with Gasteiger partial charge in [-0.2, -0.15) is 0 Å². The van der Waals surface area contributed by atoms with Crippen LogP contribution in [0.3, 0.4) is 0 Å². The molecule has 90 valence electrons.